The zero-order chi connectivity index (χ0) is 20.2. The maximum absolute atomic E-state index is 12.5. The van der Waals surface area contributed by atoms with Gasteiger partial charge in [0.25, 0.3) is 0 Å². The number of aromatic nitrogens is 2. The molecule has 5 nitrogen and oxygen atoms in total. The number of aromatic amines is 1. The predicted molar refractivity (Wildman–Crippen MR) is 119 cm³/mol. The molecule has 2 aromatic carbocycles. The fourth-order valence-corrected chi connectivity index (χ4v) is 4.52. The first-order valence-electron chi connectivity index (χ1n) is 9.90. The standard InChI is InChI=1S/C22H23BrClN3O2/c23-17-14-16(24)7-8-20(17)29-13-3-6-21(28)27-11-9-15(10-12-27)22-25-18-4-1-2-5-19(18)26-22/h1-2,4-5,7-8,14-15H,3,6,9-13H2,(H,25,26). The molecular weight excluding hydrogens is 454 g/mol. The summed E-state index contributed by atoms with van der Waals surface area (Å²) < 4.78 is 6.57. The highest BCUT2D eigenvalue weighted by Gasteiger charge is 2.25. The number of benzene rings is 2. The number of fused-ring (bicyclic) bond motifs is 1. The number of likely N-dealkylation sites (tertiary alicyclic amines) is 1. The van der Waals surface area contributed by atoms with Crippen LogP contribution in [0.3, 0.4) is 0 Å². The number of halogens is 2. The Kier molecular flexibility index (Phi) is 6.40. The van der Waals surface area contributed by atoms with Gasteiger partial charge in [0.2, 0.25) is 5.91 Å². The number of imidazole rings is 1. The zero-order valence-corrected chi connectivity index (χ0v) is 18.4. The molecule has 2 heterocycles. The van der Waals surface area contributed by atoms with E-state index in [4.69, 9.17) is 21.3 Å². The van der Waals surface area contributed by atoms with Crippen molar-refractivity contribution in [2.24, 2.45) is 0 Å². The first-order valence-corrected chi connectivity index (χ1v) is 11.1. The monoisotopic (exact) mass is 475 g/mol. The summed E-state index contributed by atoms with van der Waals surface area (Å²) in [4.78, 5) is 22.6. The smallest absolute Gasteiger partial charge is 0.222 e. The third kappa shape index (κ3) is 4.93. The molecule has 0 saturated carbocycles. The third-order valence-electron chi connectivity index (χ3n) is 5.33. The predicted octanol–water partition coefficient (Wildman–Crippen LogP) is 5.54. The van der Waals surface area contributed by atoms with Gasteiger partial charge in [0.1, 0.15) is 11.6 Å². The maximum atomic E-state index is 12.5. The van der Waals surface area contributed by atoms with Gasteiger partial charge in [0, 0.05) is 30.5 Å². The van der Waals surface area contributed by atoms with Gasteiger partial charge >= 0.3 is 0 Å². The molecule has 4 rings (SSSR count). The van der Waals surface area contributed by atoms with Crippen LogP contribution in [0.5, 0.6) is 5.75 Å². The molecule has 3 aromatic rings. The summed E-state index contributed by atoms with van der Waals surface area (Å²) in [6.07, 6.45) is 3.08. The van der Waals surface area contributed by atoms with Gasteiger partial charge in [-0.3, -0.25) is 4.79 Å². The van der Waals surface area contributed by atoms with Crippen LogP contribution in [-0.2, 0) is 4.79 Å². The third-order valence-corrected chi connectivity index (χ3v) is 6.18. The number of rotatable bonds is 6. The zero-order valence-electron chi connectivity index (χ0n) is 16.0. The molecule has 1 saturated heterocycles. The molecule has 0 atom stereocenters. The molecule has 0 unspecified atom stereocenters. The number of carbonyl (C=O) groups is 1. The minimum Gasteiger partial charge on any atom is -0.492 e. The molecule has 0 spiro atoms. The molecule has 0 aliphatic carbocycles. The van der Waals surface area contributed by atoms with Crippen molar-refractivity contribution in [3.63, 3.8) is 0 Å². The van der Waals surface area contributed by atoms with Gasteiger partial charge in [-0.05, 0) is 65.5 Å². The van der Waals surface area contributed by atoms with Gasteiger partial charge in [-0.15, -0.1) is 0 Å². The second-order valence-corrected chi connectivity index (χ2v) is 8.61. The van der Waals surface area contributed by atoms with Gasteiger partial charge in [-0.2, -0.15) is 0 Å². The highest BCUT2D eigenvalue weighted by Crippen LogP contribution is 2.29. The van der Waals surface area contributed by atoms with Gasteiger partial charge in [-0.25, -0.2) is 4.98 Å². The number of amides is 1. The van der Waals surface area contributed by atoms with Crippen molar-refractivity contribution < 1.29 is 9.53 Å². The van der Waals surface area contributed by atoms with Crippen LogP contribution in [0.4, 0.5) is 0 Å². The summed E-state index contributed by atoms with van der Waals surface area (Å²) in [5.74, 6) is 2.37. The van der Waals surface area contributed by atoms with Crippen LogP contribution >= 0.6 is 27.5 Å². The Morgan fingerprint density at radius 2 is 2.03 bits per heavy atom. The van der Waals surface area contributed by atoms with Crippen molar-refractivity contribution >= 4 is 44.5 Å². The van der Waals surface area contributed by atoms with Crippen LogP contribution in [0.2, 0.25) is 5.02 Å². The number of ether oxygens (including phenoxy) is 1. The van der Waals surface area contributed by atoms with Crippen LogP contribution in [0.1, 0.15) is 37.4 Å². The Morgan fingerprint density at radius 3 is 2.79 bits per heavy atom. The van der Waals surface area contributed by atoms with E-state index in [9.17, 15) is 4.79 Å². The van der Waals surface area contributed by atoms with E-state index in [1.165, 1.54) is 0 Å². The van der Waals surface area contributed by atoms with Crippen molar-refractivity contribution in [3.8, 4) is 5.75 Å². The molecule has 1 N–H and O–H groups in total. The molecular formula is C22H23BrClN3O2. The van der Waals surface area contributed by atoms with Gasteiger partial charge < -0.3 is 14.6 Å². The molecule has 1 aliphatic rings. The van der Waals surface area contributed by atoms with Crippen LogP contribution < -0.4 is 4.74 Å². The summed E-state index contributed by atoms with van der Waals surface area (Å²) in [7, 11) is 0. The molecule has 0 radical (unpaired) electrons. The second kappa shape index (κ2) is 9.18. The number of carbonyl (C=O) groups excluding carboxylic acids is 1. The molecule has 1 aliphatic heterocycles. The lowest BCUT2D eigenvalue weighted by atomic mass is 9.96. The molecule has 1 amide bonds. The Bertz CT molecular complexity index is 966. The van der Waals surface area contributed by atoms with Crippen molar-refractivity contribution in [3.05, 3.63) is 57.8 Å². The van der Waals surface area contributed by atoms with E-state index >= 15 is 0 Å². The number of para-hydroxylation sites is 2. The molecule has 0 bridgehead atoms. The van der Waals surface area contributed by atoms with Crippen LogP contribution in [0.15, 0.2) is 46.9 Å². The lowest BCUT2D eigenvalue weighted by Gasteiger charge is -2.31. The SMILES string of the molecule is O=C(CCCOc1ccc(Cl)cc1Br)N1CCC(c2nc3ccccc3[nH]2)CC1. The fourth-order valence-electron chi connectivity index (χ4n) is 3.72. The number of piperidine rings is 1. The first-order chi connectivity index (χ1) is 14.1. The van der Waals surface area contributed by atoms with Crippen molar-refractivity contribution in [1.29, 1.82) is 0 Å². The summed E-state index contributed by atoms with van der Waals surface area (Å²) in [6, 6.07) is 13.5. The van der Waals surface area contributed by atoms with E-state index < -0.39 is 0 Å². The van der Waals surface area contributed by atoms with Gasteiger partial charge in [0.05, 0.1) is 22.1 Å². The van der Waals surface area contributed by atoms with E-state index in [2.05, 4.69) is 27.0 Å². The Hall–Kier alpha value is -2.05. The minimum absolute atomic E-state index is 0.201. The maximum Gasteiger partial charge on any atom is 0.222 e. The van der Waals surface area contributed by atoms with Gasteiger partial charge in [0.15, 0.2) is 0 Å². The largest absolute Gasteiger partial charge is 0.492 e. The molecule has 1 aromatic heterocycles. The second-order valence-electron chi connectivity index (χ2n) is 7.32. The van der Waals surface area contributed by atoms with E-state index in [0.717, 1.165) is 53.0 Å². The van der Waals surface area contributed by atoms with Crippen LogP contribution in [-0.4, -0.2) is 40.5 Å². The summed E-state index contributed by atoms with van der Waals surface area (Å²) in [5.41, 5.74) is 2.08. The molecule has 29 heavy (non-hydrogen) atoms. The molecule has 152 valence electrons. The van der Waals surface area contributed by atoms with Crippen LogP contribution in [0, 0.1) is 0 Å². The summed E-state index contributed by atoms with van der Waals surface area (Å²) in [6.45, 7) is 2.07. The number of hydrogen-bond donors (Lipinski definition) is 1. The number of H-pyrrole nitrogens is 1. The average Bonchev–Trinajstić information content (AvgIpc) is 3.17. The Labute approximate surface area is 183 Å². The number of nitrogens with one attached hydrogen (secondary N) is 1. The normalized spacial score (nSPS) is 15.0. The van der Waals surface area contributed by atoms with Crippen LogP contribution in [0.25, 0.3) is 11.0 Å². The van der Waals surface area contributed by atoms with E-state index in [1.807, 2.05) is 29.2 Å². The number of hydrogen-bond acceptors (Lipinski definition) is 3. The van der Waals surface area contributed by atoms with E-state index in [0.29, 0.717) is 30.4 Å². The van der Waals surface area contributed by atoms with Crippen molar-refractivity contribution in [2.45, 2.75) is 31.6 Å². The van der Waals surface area contributed by atoms with Crippen molar-refractivity contribution in [2.75, 3.05) is 19.7 Å². The quantitative estimate of drug-likeness (QED) is 0.475. The van der Waals surface area contributed by atoms with E-state index in [1.54, 1.807) is 12.1 Å². The highest BCUT2D eigenvalue weighted by atomic mass is 79.9. The van der Waals surface area contributed by atoms with Crippen molar-refractivity contribution in [1.82, 2.24) is 14.9 Å². The topological polar surface area (TPSA) is 58.2 Å². The first kappa shape index (κ1) is 20.2. The number of nitrogens with zero attached hydrogens (tertiary/aromatic N) is 2. The van der Waals surface area contributed by atoms with Gasteiger partial charge in [-0.1, -0.05) is 23.7 Å². The lowest BCUT2D eigenvalue weighted by molar-refractivity contribution is -0.132. The Balaban J connectivity index is 1.21. The average molecular weight is 477 g/mol. The molecule has 7 heteroatoms. The Morgan fingerprint density at radius 1 is 1.24 bits per heavy atom. The summed E-state index contributed by atoms with van der Waals surface area (Å²) >= 11 is 9.37. The molecule has 1 fully saturated rings. The minimum atomic E-state index is 0.201. The lowest BCUT2D eigenvalue weighted by Crippen LogP contribution is -2.38. The highest BCUT2D eigenvalue weighted by molar-refractivity contribution is 9.10. The fraction of sp³-hybridized carbons (Fsp3) is 0.364. The summed E-state index contributed by atoms with van der Waals surface area (Å²) in [5, 5.41) is 0.658. The van der Waals surface area contributed by atoms with E-state index in [-0.39, 0.29) is 5.91 Å².